The van der Waals surface area contributed by atoms with E-state index < -0.39 is 0 Å². The van der Waals surface area contributed by atoms with Gasteiger partial charge in [0.05, 0.1) is 0 Å². The Hall–Kier alpha value is -1.09. The van der Waals surface area contributed by atoms with Crippen LogP contribution in [0.15, 0.2) is 18.3 Å². The van der Waals surface area contributed by atoms with E-state index in [9.17, 15) is 4.79 Å². The van der Waals surface area contributed by atoms with E-state index in [1.807, 2.05) is 20.8 Å². The van der Waals surface area contributed by atoms with Gasteiger partial charge in [-0.2, -0.15) is 0 Å². The summed E-state index contributed by atoms with van der Waals surface area (Å²) < 4.78 is 0. The number of nitrogens with zero attached hydrogens (tertiary/aromatic N) is 1. The lowest BCUT2D eigenvalue weighted by Gasteiger charge is -2.24. The van der Waals surface area contributed by atoms with Crippen molar-refractivity contribution >= 4 is 17.5 Å². The maximum Gasteiger partial charge on any atom is 0.270 e. The van der Waals surface area contributed by atoms with Crippen LogP contribution in [-0.2, 0) is 0 Å². The van der Waals surface area contributed by atoms with Gasteiger partial charge in [0.2, 0.25) is 0 Å². The molecule has 1 N–H and O–H groups in total. The van der Waals surface area contributed by atoms with Crippen molar-refractivity contribution in [3.05, 3.63) is 29.0 Å². The molecule has 1 heterocycles. The van der Waals surface area contributed by atoms with Crippen LogP contribution in [0.3, 0.4) is 0 Å². The molecule has 0 saturated heterocycles. The van der Waals surface area contributed by atoms with Crippen molar-refractivity contribution < 1.29 is 4.79 Å². The van der Waals surface area contributed by atoms with E-state index in [4.69, 9.17) is 11.6 Å². The Morgan fingerprint density at radius 1 is 1.60 bits per heavy atom. The molecule has 0 aliphatic heterocycles. The van der Waals surface area contributed by atoms with Crippen molar-refractivity contribution in [3.8, 4) is 0 Å². The van der Waals surface area contributed by atoms with Crippen molar-refractivity contribution in [2.24, 2.45) is 0 Å². The summed E-state index contributed by atoms with van der Waals surface area (Å²) in [7, 11) is 0. The summed E-state index contributed by atoms with van der Waals surface area (Å²) in [4.78, 5) is 15.7. The molecule has 0 aliphatic carbocycles. The SMILES string of the molecule is CCC(C)(C)NC(=O)c1cc(Cl)ccn1. The standard InChI is InChI=1S/C11H15ClN2O/c1-4-11(2,3)14-10(15)9-7-8(12)5-6-13-9/h5-7H,4H2,1-3H3,(H,14,15). The van der Waals surface area contributed by atoms with Crippen molar-refractivity contribution in [1.82, 2.24) is 10.3 Å². The number of amides is 1. The van der Waals surface area contributed by atoms with Gasteiger partial charge in [-0.05, 0) is 32.4 Å². The number of halogens is 1. The lowest BCUT2D eigenvalue weighted by atomic mass is 10.0. The highest BCUT2D eigenvalue weighted by molar-refractivity contribution is 6.30. The number of hydrogen-bond donors (Lipinski definition) is 1. The van der Waals surface area contributed by atoms with Crippen LogP contribution in [0.2, 0.25) is 5.02 Å². The second-order valence-corrected chi connectivity index (χ2v) is 4.49. The van der Waals surface area contributed by atoms with Gasteiger partial charge in [0.1, 0.15) is 5.69 Å². The van der Waals surface area contributed by atoms with Gasteiger partial charge in [-0.1, -0.05) is 18.5 Å². The maximum absolute atomic E-state index is 11.7. The van der Waals surface area contributed by atoms with Gasteiger partial charge in [0.15, 0.2) is 0 Å². The normalized spacial score (nSPS) is 11.2. The zero-order valence-electron chi connectivity index (χ0n) is 9.17. The number of pyridine rings is 1. The first-order valence-electron chi connectivity index (χ1n) is 4.88. The van der Waals surface area contributed by atoms with Crippen LogP contribution in [0, 0.1) is 0 Å². The van der Waals surface area contributed by atoms with Crippen LogP contribution in [-0.4, -0.2) is 16.4 Å². The Morgan fingerprint density at radius 2 is 2.27 bits per heavy atom. The topological polar surface area (TPSA) is 42.0 Å². The van der Waals surface area contributed by atoms with Gasteiger partial charge < -0.3 is 5.32 Å². The lowest BCUT2D eigenvalue weighted by molar-refractivity contribution is 0.0906. The van der Waals surface area contributed by atoms with E-state index in [1.165, 1.54) is 6.20 Å². The Labute approximate surface area is 94.9 Å². The minimum Gasteiger partial charge on any atom is -0.346 e. The molecule has 1 aromatic rings. The molecule has 0 aromatic carbocycles. The van der Waals surface area contributed by atoms with Crippen LogP contribution in [0.5, 0.6) is 0 Å². The summed E-state index contributed by atoms with van der Waals surface area (Å²) in [6.45, 7) is 5.95. The van der Waals surface area contributed by atoms with Crippen molar-refractivity contribution in [2.75, 3.05) is 0 Å². The Kier molecular flexibility index (Phi) is 3.69. The summed E-state index contributed by atoms with van der Waals surface area (Å²) in [5, 5.41) is 3.41. The highest BCUT2D eigenvalue weighted by atomic mass is 35.5. The molecule has 0 bridgehead atoms. The average molecular weight is 227 g/mol. The second-order valence-electron chi connectivity index (χ2n) is 4.05. The Balaban J connectivity index is 2.78. The van der Waals surface area contributed by atoms with Gasteiger partial charge in [-0.25, -0.2) is 0 Å². The van der Waals surface area contributed by atoms with Gasteiger partial charge in [-0.15, -0.1) is 0 Å². The van der Waals surface area contributed by atoms with Crippen LogP contribution in [0.1, 0.15) is 37.7 Å². The number of aromatic nitrogens is 1. The molecule has 3 nitrogen and oxygen atoms in total. The van der Waals surface area contributed by atoms with Gasteiger partial charge in [0, 0.05) is 16.8 Å². The second kappa shape index (κ2) is 4.62. The third-order valence-electron chi connectivity index (χ3n) is 2.29. The molecule has 0 unspecified atom stereocenters. The van der Waals surface area contributed by atoms with Crippen LogP contribution in [0.4, 0.5) is 0 Å². The number of rotatable bonds is 3. The van der Waals surface area contributed by atoms with Gasteiger partial charge in [0.25, 0.3) is 5.91 Å². The molecule has 4 heteroatoms. The Morgan fingerprint density at radius 3 is 2.80 bits per heavy atom. The van der Waals surface area contributed by atoms with E-state index in [0.29, 0.717) is 10.7 Å². The van der Waals surface area contributed by atoms with E-state index >= 15 is 0 Å². The first-order valence-corrected chi connectivity index (χ1v) is 5.26. The van der Waals surface area contributed by atoms with E-state index in [-0.39, 0.29) is 11.4 Å². The van der Waals surface area contributed by atoms with Gasteiger partial charge >= 0.3 is 0 Å². The largest absolute Gasteiger partial charge is 0.346 e. The molecule has 82 valence electrons. The fraction of sp³-hybridized carbons (Fsp3) is 0.455. The van der Waals surface area contributed by atoms with Crippen molar-refractivity contribution in [1.29, 1.82) is 0 Å². The van der Waals surface area contributed by atoms with E-state index in [2.05, 4.69) is 10.3 Å². The lowest BCUT2D eigenvalue weighted by Crippen LogP contribution is -2.43. The summed E-state index contributed by atoms with van der Waals surface area (Å²) in [5.41, 5.74) is 0.130. The van der Waals surface area contributed by atoms with Crippen LogP contribution in [0.25, 0.3) is 0 Å². The zero-order valence-corrected chi connectivity index (χ0v) is 9.93. The third-order valence-corrected chi connectivity index (χ3v) is 2.53. The summed E-state index contributed by atoms with van der Waals surface area (Å²) in [5.74, 6) is -0.190. The molecular formula is C11H15ClN2O. The first kappa shape index (κ1) is 12.0. The fourth-order valence-electron chi connectivity index (χ4n) is 0.989. The Bertz CT molecular complexity index is 363. The van der Waals surface area contributed by atoms with E-state index in [1.54, 1.807) is 12.1 Å². The summed E-state index contributed by atoms with van der Waals surface area (Å²) in [6, 6.07) is 3.20. The average Bonchev–Trinajstić information content (AvgIpc) is 2.17. The monoisotopic (exact) mass is 226 g/mol. The number of hydrogen-bond acceptors (Lipinski definition) is 2. The molecule has 0 atom stereocenters. The summed E-state index contributed by atoms with van der Waals surface area (Å²) >= 11 is 5.77. The molecule has 1 aromatic heterocycles. The molecule has 0 saturated carbocycles. The minimum atomic E-state index is -0.221. The molecule has 0 aliphatic rings. The number of nitrogens with one attached hydrogen (secondary N) is 1. The predicted molar refractivity (Wildman–Crippen MR) is 61.1 cm³/mol. The molecule has 0 spiro atoms. The predicted octanol–water partition coefficient (Wildman–Crippen LogP) is 2.65. The molecule has 1 rings (SSSR count). The molecular weight excluding hydrogens is 212 g/mol. The van der Waals surface area contributed by atoms with Crippen LogP contribution < -0.4 is 5.32 Å². The first-order chi connectivity index (χ1) is 6.94. The van der Waals surface area contributed by atoms with E-state index in [0.717, 1.165) is 6.42 Å². The van der Waals surface area contributed by atoms with Crippen molar-refractivity contribution in [2.45, 2.75) is 32.7 Å². The zero-order chi connectivity index (χ0) is 11.5. The third kappa shape index (κ3) is 3.51. The van der Waals surface area contributed by atoms with Crippen molar-refractivity contribution in [3.63, 3.8) is 0 Å². The van der Waals surface area contributed by atoms with Crippen LogP contribution >= 0.6 is 11.6 Å². The summed E-state index contributed by atoms with van der Waals surface area (Å²) in [6.07, 6.45) is 2.38. The molecule has 1 amide bonds. The highest BCUT2D eigenvalue weighted by Crippen LogP contribution is 2.11. The van der Waals surface area contributed by atoms with Gasteiger partial charge in [-0.3, -0.25) is 9.78 Å². The number of carbonyl (C=O) groups is 1. The smallest absolute Gasteiger partial charge is 0.270 e. The molecule has 0 radical (unpaired) electrons. The molecule has 0 fully saturated rings. The fourth-order valence-corrected chi connectivity index (χ4v) is 1.15. The highest BCUT2D eigenvalue weighted by Gasteiger charge is 2.19. The minimum absolute atomic E-state index is 0.190. The quantitative estimate of drug-likeness (QED) is 0.861. The number of carbonyl (C=O) groups excluding carboxylic acids is 1. The molecule has 15 heavy (non-hydrogen) atoms. The maximum atomic E-state index is 11.7.